The number of rotatable bonds is 9. The highest BCUT2D eigenvalue weighted by Crippen LogP contribution is 2.32. The van der Waals surface area contributed by atoms with Crippen molar-refractivity contribution in [1.82, 2.24) is 4.57 Å². The lowest BCUT2D eigenvalue weighted by molar-refractivity contribution is 0.553. The Labute approximate surface area is 160 Å². The molecule has 0 saturated carbocycles. The van der Waals surface area contributed by atoms with Gasteiger partial charge in [0, 0.05) is 27.4 Å². The first-order valence-electron chi connectivity index (χ1n) is 9.57. The third-order valence-electron chi connectivity index (χ3n) is 5.03. The highest BCUT2D eigenvalue weighted by atomic mass is 35.5. The van der Waals surface area contributed by atoms with Gasteiger partial charge in [0.1, 0.15) is 0 Å². The molecule has 1 nitrogen and oxygen atoms in total. The maximum absolute atomic E-state index is 6.25. The first-order valence-corrected chi connectivity index (χ1v) is 10.3. The summed E-state index contributed by atoms with van der Waals surface area (Å²) in [5.74, 6) is 0. The monoisotopic (exact) mass is 375 g/mol. The molecule has 0 aliphatic carbocycles. The number of benzene rings is 2. The first-order chi connectivity index (χ1) is 12.2. The second-order valence-electron chi connectivity index (χ2n) is 6.95. The summed E-state index contributed by atoms with van der Waals surface area (Å²) in [6.45, 7) is 3.29. The van der Waals surface area contributed by atoms with Crippen molar-refractivity contribution in [3.05, 3.63) is 46.4 Å². The standard InChI is InChI=1S/C22H27Cl2N/c1-2-3-4-5-6-7-8-9-14-25-21-15-17(23)10-12-19(21)20-13-11-18(24)16-22(20)25/h10-13,15-16H,2-9,14H2,1H3. The van der Waals surface area contributed by atoms with E-state index in [9.17, 15) is 0 Å². The molecular weight excluding hydrogens is 349 g/mol. The third kappa shape index (κ3) is 4.51. The van der Waals surface area contributed by atoms with Crippen LogP contribution in [0.3, 0.4) is 0 Å². The van der Waals surface area contributed by atoms with E-state index in [1.54, 1.807) is 0 Å². The van der Waals surface area contributed by atoms with Crippen molar-refractivity contribution in [3.63, 3.8) is 0 Å². The number of aromatic nitrogens is 1. The molecule has 0 radical (unpaired) electrons. The Kier molecular flexibility index (Phi) is 6.67. The molecule has 0 amide bonds. The van der Waals surface area contributed by atoms with Gasteiger partial charge in [-0.3, -0.25) is 0 Å². The van der Waals surface area contributed by atoms with Crippen molar-refractivity contribution < 1.29 is 0 Å². The number of hydrogen-bond donors (Lipinski definition) is 0. The maximum atomic E-state index is 6.25. The molecule has 2 aromatic carbocycles. The SMILES string of the molecule is CCCCCCCCCCn1c2cc(Cl)ccc2c2ccc(Cl)cc21. The summed E-state index contributed by atoms with van der Waals surface area (Å²) in [7, 11) is 0. The van der Waals surface area contributed by atoms with Gasteiger partial charge in [-0.2, -0.15) is 0 Å². The molecule has 0 saturated heterocycles. The number of hydrogen-bond acceptors (Lipinski definition) is 0. The molecular formula is C22H27Cl2N. The Hall–Kier alpha value is -1.18. The molecule has 0 fully saturated rings. The summed E-state index contributed by atoms with van der Waals surface area (Å²) in [6.07, 6.45) is 10.7. The van der Waals surface area contributed by atoms with Crippen molar-refractivity contribution in [2.45, 2.75) is 64.8 Å². The molecule has 0 bridgehead atoms. The minimum atomic E-state index is 0.790. The zero-order chi connectivity index (χ0) is 17.6. The molecule has 1 aromatic heterocycles. The smallest absolute Gasteiger partial charge is 0.0506 e. The predicted octanol–water partition coefficient (Wildman–Crippen LogP) is 8.24. The number of unbranched alkanes of at least 4 members (excludes halogenated alkanes) is 7. The largest absolute Gasteiger partial charge is 0.340 e. The lowest BCUT2D eigenvalue weighted by Gasteiger charge is -2.08. The molecule has 0 N–H and O–H groups in total. The normalized spacial score (nSPS) is 11.6. The van der Waals surface area contributed by atoms with E-state index in [0.717, 1.165) is 16.6 Å². The van der Waals surface area contributed by atoms with E-state index in [1.807, 2.05) is 12.1 Å². The Morgan fingerprint density at radius 3 is 1.68 bits per heavy atom. The molecule has 0 aliphatic heterocycles. The number of fused-ring (bicyclic) bond motifs is 3. The summed E-state index contributed by atoms with van der Waals surface area (Å²) in [5.41, 5.74) is 2.43. The van der Waals surface area contributed by atoms with Crippen LogP contribution < -0.4 is 0 Å². The van der Waals surface area contributed by atoms with Crippen molar-refractivity contribution in [1.29, 1.82) is 0 Å². The highest BCUT2D eigenvalue weighted by molar-refractivity contribution is 6.32. The van der Waals surface area contributed by atoms with Crippen molar-refractivity contribution in [3.8, 4) is 0 Å². The molecule has 0 spiro atoms. The predicted molar refractivity (Wildman–Crippen MR) is 112 cm³/mol. The van der Waals surface area contributed by atoms with E-state index >= 15 is 0 Å². The van der Waals surface area contributed by atoms with Gasteiger partial charge in [0.15, 0.2) is 0 Å². The fourth-order valence-electron chi connectivity index (χ4n) is 3.69. The zero-order valence-corrected chi connectivity index (χ0v) is 16.5. The van der Waals surface area contributed by atoms with Crippen molar-refractivity contribution in [2.24, 2.45) is 0 Å². The number of aryl methyl sites for hydroxylation is 1. The summed E-state index contributed by atoms with van der Waals surface area (Å²) in [5, 5.41) is 4.10. The minimum Gasteiger partial charge on any atom is -0.340 e. The Morgan fingerprint density at radius 1 is 0.680 bits per heavy atom. The first kappa shape index (κ1) is 18.6. The van der Waals surface area contributed by atoms with Gasteiger partial charge in [-0.25, -0.2) is 0 Å². The van der Waals surface area contributed by atoms with Crippen LogP contribution in [0.2, 0.25) is 10.0 Å². The second kappa shape index (κ2) is 8.96. The summed E-state index contributed by atoms with van der Waals surface area (Å²) in [6, 6.07) is 12.3. The summed E-state index contributed by atoms with van der Waals surface area (Å²) < 4.78 is 2.39. The summed E-state index contributed by atoms with van der Waals surface area (Å²) >= 11 is 12.5. The molecule has 0 aliphatic rings. The fraction of sp³-hybridized carbons (Fsp3) is 0.455. The van der Waals surface area contributed by atoms with Gasteiger partial charge in [-0.1, -0.05) is 87.2 Å². The zero-order valence-electron chi connectivity index (χ0n) is 15.0. The van der Waals surface area contributed by atoms with Crippen LogP contribution in [0.1, 0.15) is 58.3 Å². The molecule has 3 aromatic rings. The van der Waals surface area contributed by atoms with Crippen LogP contribution in [0.5, 0.6) is 0 Å². The second-order valence-corrected chi connectivity index (χ2v) is 7.82. The average molecular weight is 376 g/mol. The lowest BCUT2D eigenvalue weighted by Crippen LogP contribution is -1.97. The van der Waals surface area contributed by atoms with E-state index in [1.165, 1.54) is 73.2 Å². The van der Waals surface area contributed by atoms with E-state index in [2.05, 4.69) is 35.8 Å². The van der Waals surface area contributed by atoms with Crippen LogP contribution in [-0.2, 0) is 6.54 Å². The Morgan fingerprint density at radius 2 is 1.16 bits per heavy atom. The van der Waals surface area contributed by atoms with E-state index in [-0.39, 0.29) is 0 Å². The van der Waals surface area contributed by atoms with Gasteiger partial charge in [-0.05, 0) is 30.7 Å². The molecule has 0 atom stereocenters. The molecule has 134 valence electrons. The van der Waals surface area contributed by atoms with Gasteiger partial charge in [-0.15, -0.1) is 0 Å². The van der Waals surface area contributed by atoms with E-state index in [0.29, 0.717) is 0 Å². The highest BCUT2D eigenvalue weighted by Gasteiger charge is 2.11. The lowest BCUT2D eigenvalue weighted by atomic mass is 10.1. The maximum Gasteiger partial charge on any atom is 0.0506 e. The fourth-order valence-corrected chi connectivity index (χ4v) is 4.02. The van der Waals surface area contributed by atoms with Gasteiger partial charge >= 0.3 is 0 Å². The van der Waals surface area contributed by atoms with Crippen LogP contribution >= 0.6 is 23.2 Å². The van der Waals surface area contributed by atoms with Crippen molar-refractivity contribution >= 4 is 45.0 Å². The minimum absolute atomic E-state index is 0.790. The van der Waals surface area contributed by atoms with Crippen molar-refractivity contribution in [2.75, 3.05) is 0 Å². The topological polar surface area (TPSA) is 4.93 Å². The number of nitrogens with zero attached hydrogens (tertiary/aromatic N) is 1. The Balaban J connectivity index is 1.71. The van der Waals surface area contributed by atoms with Crippen LogP contribution in [0, 0.1) is 0 Å². The van der Waals surface area contributed by atoms with Crippen LogP contribution in [0.25, 0.3) is 21.8 Å². The average Bonchev–Trinajstić information content (AvgIpc) is 2.89. The van der Waals surface area contributed by atoms with Crippen LogP contribution in [-0.4, -0.2) is 4.57 Å². The third-order valence-corrected chi connectivity index (χ3v) is 5.50. The van der Waals surface area contributed by atoms with Gasteiger partial charge in [0.25, 0.3) is 0 Å². The molecule has 1 heterocycles. The molecule has 3 heteroatoms. The van der Waals surface area contributed by atoms with Gasteiger partial charge in [0.2, 0.25) is 0 Å². The Bertz CT molecular complexity index is 776. The van der Waals surface area contributed by atoms with Gasteiger partial charge in [0.05, 0.1) is 11.0 Å². The number of halogens is 2. The van der Waals surface area contributed by atoms with Crippen LogP contribution in [0.4, 0.5) is 0 Å². The molecule has 3 rings (SSSR count). The molecule has 25 heavy (non-hydrogen) atoms. The summed E-state index contributed by atoms with van der Waals surface area (Å²) in [4.78, 5) is 0. The quantitative estimate of drug-likeness (QED) is 0.331. The van der Waals surface area contributed by atoms with E-state index < -0.39 is 0 Å². The van der Waals surface area contributed by atoms with E-state index in [4.69, 9.17) is 23.2 Å². The van der Waals surface area contributed by atoms with Gasteiger partial charge < -0.3 is 4.57 Å². The van der Waals surface area contributed by atoms with Crippen LogP contribution in [0.15, 0.2) is 36.4 Å². The molecule has 0 unspecified atom stereocenters.